The Balaban J connectivity index is 2.75. The first kappa shape index (κ1) is 17.4. The molecule has 0 spiro atoms. The van der Waals surface area contributed by atoms with Gasteiger partial charge in [0.15, 0.2) is 0 Å². The van der Waals surface area contributed by atoms with Gasteiger partial charge in [0.05, 0.1) is 5.92 Å². The van der Waals surface area contributed by atoms with E-state index in [4.69, 9.17) is 15.9 Å². The molecule has 1 aromatic rings. The van der Waals surface area contributed by atoms with Crippen LogP contribution in [0.25, 0.3) is 0 Å². The fourth-order valence-corrected chi connectivity index (χ4v) is 3.84. The number of hydrogen-bond acceptors (Lipinski definition) is 4. The normalized spacial score (nSPS) is 16.7. The summed E-state index contributed by atoms with van der Waals surface area (Å²) < 4.78 is 12.2. The molecule has 3 atom stereocenters. The number of carbonyl (C=O) groups is 2. The highest BCUT2D eigenvalue weighted by molar-refractivity contribution is 7.57. The Labute approximate surface area is 121 Å². The van der Waals surface area contributed by atoms with Crippen LogP contribution in [-0.2, 0) is 20.3 Å². The zero-order valence-electron chi connectivity index (χ0n) is 11.3. The maximum atomic E-state index is 12.2. The lowest BCUT2D eigenvalue weighted by Gasteiger charge is -2.18. The monoisotopic (exact) mass is 315 g/mol. The molecule has 7 nitrogen and oxygen atoms in total. The van der Waals surface area contributed by atoms with E-state index in [1.54, 1.807) is 30.3 Å². The maximum absolute atomic E-state index is 12.2. The van der Waals surface area contributed by atoms with Gasteiger partial charge in [-0.1, -0.05) is 30.3 Å². The molecular weight excluding hydrogens is 297 g/mol. The minimum atomic E-state index is -3.74. The quantitative estimate of drug-likeness (QED) is 0.524. The summed E-state index contributed by atoms with van der Waals surface area (Å²) in [5.41, 5.74) is 5.91. The molecule has 116 valence electrons. The number of carboxylic acids is 2. The van der Waals surface area contributed by atoms with Gasteiger partial charge < -0.3 is 20.8 Å². The van der Waals surface area contributed by atoms with Gasteiger partial charge in [-0.25, -0.2) is 0 Å². The Morgan fingerprint density at radius 3 is 2.19 bits per heavy atom. The SMILES string of the molecule is N[C@@H](CC(CP(=O)(O)Cc1ccccc1)C(=O)O)C(=O)O. The third kappa shape index (κ3) is 6.08. The van der Waals surface area contributed by atoms with Crippen LogP contribution in [0.2, 0.25) is 0 Å². The zero-order chi connectivity index (χ0) is 16.0. The molecule has 5 N–H and O–H groups in total. The van der Waals surface area contributed by atoms with E-state index >= 15 is 0 Å². The zero-order valence-corrected chi connectivity index (χ0v) is 12.1. The Hall–Kier alpha value is -1.69. The van der Waals surface area contributed by atoms with Crippen LogP contribution in [0.5, 0.6) is 0 Å². The molecule has 0 radical (unpaired) electrons. The topological polar surface area (TPSA) is 138 Å². The molecule has 0 saturated carbocycles. The van der Waals surface area contributed by atoms with Crippen LogP contribution in [0.15, 0.2) is 30.3 Å². The van der Waals surface area contributed by atoms with Gasteiger partial charge >= 0.3 is 11.9 Å². The molecule has 0 heterocycles. The summed E-state index contributed by atoms with van der Waals surface area (Å²) in [7, 11) is -3.74. The van der Waals surface area contributed by atoms with Gasteiger partial charge in [0.2, 0.25) is 7.37 Å². The fraction of sp³-hybridized carbons (Fsp3) is 0.385. The van der Waals surface area contributed by atoms with E-state index in [0.29, 0.717) is 5.56 Å². The Bertz CT molecular complexity index is 547. The van der Waals surface area contributed by atoms with Crippen LogP contribution in [0.4, 0.5) is 0 Å². The molecule has 0 fully saturated rings. The molecule has 8 heteroatoms. The summed E-state index contributed by atoms with van der Waals surface area (Å²) in [4.78, 5) is 31.7. The van der Waals surface area contributed by atoms with Crippen LogP contribution in [0.3, 0.4) is 0 Å². The third-order valence-corrected chi connectivity index (χ3v) is 4.85. The van der Waals surface area contributed by atoms with Crippen LogP contribution in [-0.4, -0.2) is 39.2 Å². The van der Waals surface area contributed by atoms with Crippen molar-refractivity contribution in [2.24, 2.45) is 11.7 Å². The van der Waals surface area contributed by atoms with Gasteiger partial charge in [0.1, 0.15) is 6.04 Å². The molecule has 0 aliphatic carbocycles. The first-order valence-electron chi connectivity index (χ1n) is 6.27. The molecule has 0 bridgehead atoms. The van der Waals surface area contributed by atoms with E-state index in [-0.39, 0.29) is 12.6 Å². The predicted octanol–water partition coefficient (Wildman–Crippen LogP) is 0.960. The molecule has 21 heavy (non-hydrogen) atoms. The lowest BCUT2D eigenvalue weighted by molar-refractivity contribution is -0.143. The highest BCUT2D eigenvalue weighted by atomic mass is 31.2. The summed E-state index contributed by atoms with van der Waals surface area (Å²) in [6.45, 7) is 0. The van der Waals surface area contributed by atoms with Crippen LogP contribution >= 0.6 is 7.37 Å². The van der Waals surface area contributed by atoms with Gasteiger partial charge in [0.25, 0.3) is 0 Å². The van der Waals surface area contributed by atoms with Crippen molar-refractivity contribution in [3.05, 3.63) is 35.9 Å². The Morgan fingerprint density at radius 2 is 1.71 bits per heavy atom. The lowest BCUT2D eigenvalue weighted by Crippen LogP contribution is -2.35. The summed E-state index contributed by atoms with van der Waals surface area (Å²) in [6, 6.07) is 7.15. The maximum Gasteiger partial charge on any atom is 0.320 e. The Morgan fingerprint density at radius 1 is 1.14 bits per heavy atom. The average Bonchev–Trinajstić information content (AvgIpc) is 2.37. The highest BCUT2D eigenvalue weighted by Gasteiger charge is 2.31. The number of hydrogen-bond donors (Lipinski definition) is 4. The van der Waals surface area contributed by atoms with Gasteiger partial charge in [-0.3, -0.25) is 14.2 Å². The van der Waals surface area contributed by atoms with Crippen LogP contribution in [0.1, 0.15) is 12.0 Å². The highest BCUT2D eigenvalue weighted by Crippen LogP contribution is 2.46. The summed E-state index contributed by atoms with van der Waals surface area (Å²) in [5, 5.41) is 17.7. The lowest BCUT2D eigenvalue weighted by atomic mass is 10.0. The second kappa shape index (κ2) is 7.36. The van der Waals surface area contributed by atoms with Crippen LogP contribution < -0.4 is 5.73 Å². The molecule has 0 amide bonds. The van der Waals surface area contributed by atoms with Crippen molar-refractivity contribution in [1.82, 2.24) is 0 Å². The third-order valence-electron chi connectivity index (χ3n) is 2.98. The minimum absolute atomic E-state index is 0.153. The smallest absolute Gasteiger partial charge is 0.320 e. The summed E-state index contributed by atoms with van der Waals surface area (Å²) in [5.74, 6) is -3.93. The van der Waals surface area contributed by atoms with Gasteiger partial charge in [-0.05, 0) is 12.0 Å². The number of nitrogens with two attached hydrogens (primary N) is 1. The number of aliphatic carboxylic acids is 2. The molecule has 1 aromatic carbocycles. The van der Waals surface area contributed by atoms with Crippen molar-refractivity contribution < 1.29 is 29.3 Å². The van der Waals surface area contributed by atoms with Crippen molar-refractivity contribution >= 4 is 19.3 Å². The van der Waals surface area contributed by atoms with E-state index in [9.17, 15) is 19.0 Å². The van der Waals surface area contributed by atoms with Crippen molar-refractivity contribution in [2.45, 2.75) is 18.6 Å². The van der Waals surface area contributed by atoms with Crippen molar-refractivity contribution in [3.8, 4) is 0 Å². The molecule has 0 saturated heterocycles. The van der Waals surface area contributed by atoms with E-state index in [2.05, 4.69) is 0 Å². The molecule has 0 aliphatic rings. The molecule has 0 aliphatic heterocycles. The van der Waals surface area contributed by atoms with Gasteiger partial charge in [0, 0.05) is 12.3 Å². The predicted molar refractivity (Wildman–Crippen MR) is 76.2 cm³/mol. The molecule has 0 aromatic heterocycles. The van der Waals surface area contributed by atoms with E-state index in [1.807, 2.05) is 0 Å². The summed E-state index contributed by atoms with van der Waals surface area (Å²) >= 11 is 0. The summed E-state index contributed by atoms with van der Waals surface area (Å²) in [6.07, 6.45) is -1.04. The fourth-order valence-electron chi connectivity index (χ4n) is 1.94. The molecular formula is C13H18NO6P. The first-order chi connectivity index (χ1) is 9.71. The molecule has 2 unspecified atom stereocenters. The first-order valence-corrected chi connectivity index (χ1v) is 8.30. The van der Waals surface area contributed by atoms with Gasteiger partial charge in [-0.15, -0.1) is 0 Å². The number of carboxylic acid groups (broad SMARTS) is 2. The van der Waals surface area contributed by atoms with E-state index in [1.165, 1.54) is 0 Å². The Kier molecular flexibility index (Phi) is 6.08. The number of rotatable bonds is 8. The second-order valence-corrected chi connectivity index (χ2v) is 7.26. The van der Waals surface area contributed by atoms with Crippen LogP contribution in [0, 0.1) is 5.92 Å². The second-order valence-electron chi connectivity index (χ2n) is 4.89. The number of benzene rings is 1. The van der Waals surface area contributed by atoms with E-state index < -0.39 is 37.4 Å². The largest absolute Gasteiger partial charge is 0.481 e. The van der Waals surface area contributed by atoms with Crippen molar-refractivity contribution in [3.63, 3.8) is 0 Å². The standard InChI is InChI=1S/C13H18NO6P/c14-11(13(17)18)6-10(12(15)16)8-21(19,20)7-9-4-2-1-3-5-9/h1-5,10-11H,6-8,14H2,(H,15,16)(H,17,18)(H,19,20)/t10?,11-/m0/s1. The molecule has 1 rings (SSSR count). The van der Waals surface area contributed by atoms with Crippen molar-refractivity contribution in [2.75, 3.05) is 6.16 Å². The van der Waals surface area contributed by atoms with E-state index in [0.717, 1.165) is 0 Å². The minimum Gasteiger partial charge on any atom is -0.481 e. The van der Waals surface area contributed by atoms with Crippen molar-refractivity contribution in [1.29, 1.82) is 0 Å². The average molecular weight is 315 g/mol. The van der Waals surface area contributed by atoms with Gasteiger partial charge in [-0.2, -0.15) is 0 Å².